The highest BCUT2D eigenvalue weighted by Gasteiger charge is 2.21. The standard InChI is InChI=1S/C20H26N2O4S/c1-3-4-8-13-21-19-12-11-17(14-18(19)20(23)24)27(25,26)22-15(2)16-9-6-5-7-10-16/h5-7,9-12,14-15,21-22H,3-4,8,13H2,1-2H3,(H,23,24)/t15-/m1/s1. The molecule has 0 fully saturated rings. The molecule has 0 bridgehead atoms. The van der Waals surface area contributed by atoms with E-state index in [1.807, 2.05) is 30.3 Å². The molecule has 27 heavy (non-hydrogen) atoms. The van der Waals surface area contributed by atoms with E-state index in [0.29, 0.717) is 12.2 Å². The van der Waals surface area contributed by atoms with E-state index in [4.69, 9.17) is 0 Å². The molecule has 0 radical (unpaired) electrons. The highest BCUT2D eigenvalue weighted by Crippen LogP contribution is 2.23. The van der Waals surface area contributed by atoms with Crippen LogP contribution in [0.5, 0.6) is 0 Å². The van der Waals surface area contributed by atoms with E-state index in [1.54, 1.807) is 6.92 Å². The minimum Gasteiger partial charge on any atom is -0.478 e. The molecular formula is C20H26N2O4S. The fourth-order valence-electron chi connectivity index (χ4n) is 2.73. The molecule has 0 aromatic heterocycles. The Balaban J connectivity index is 2.21. The van der Waals surface area contributed by atoms with E-state index in [9.17, 15) is 18.3 Å². The molecule has 0 heterocycles. The van der Waals surface area contributed by atoms with Crippen LogP contribution >= 0.6 is 0 Å². The van der Waals surface area contributed by atoms with E-state index in [0.717, 1.165) is 24.8 Å². The van der Waals surface area contributed by atoms with Crippen LogP contribution in [0.4, 0.5) is 5.69 Å². The van der Waals surface area contributed by atoms with Gasteiger partial charge in [-0.2, -0.15) is 0 Å². The van der Waals surface area contributed by atoms with Crippen molar-refractivity contribution in [2.24, 2.45) is 0 Å². The van der Waals surface area contributed by atoms with Crippen molar-refractivity contribution in [3.63, 3.8) is 0 Å². The maximum absolute atomic E-state index is 12.7. The van der Waals surface area contributed by atoms with Crippen LogP contribution in [-0.4, -0.2) is 26.0 Å². The molecule has 0 aliphatic heterocycles. The monoisotopic (exact) mass is 390 g/mol. The fourth-order valence-corrected chi connectivity index (χ4v) is 3.99. The van der Waals surface area contributed by atoms with Gasteiger partial charge in [0.25, 0.3) is 0 Å². The number of carbonyl (C=O) groups is 1. The molecule has 0 spiro atoms. The van der Waals surface area contributed by atoms with Gasteiger partial charge in [0.05, 0.1) is 10.5 Å². The molecule has 0 aliphatic carbocycles. The Hall–Kier alpha value is -2.38. The normalized spacial score (nSPS) is 12.5. The van der Waals surface area contributed by atoms with Gasteiger partial charge in [-0.1, -0.05) is 50.1 Å². The van der Waals surface area contributed by atoms with Gasteiger partial charge in [0.2, 0.25) is 10.0 Å². The van der Waals surface area contributed by atoms with Gasteiger partial charge < -0.3 is 10.4 Å². The molecule has 0 aliphatic rings. The predicted octanol–water partition coefficient (Wildman–Crippen LogP) is 4.03. The Morgan fingerprint density at radius 2 is 1.81 bits per heavy atom. The number of rotatable bonds is 10. The van der Waals surface area contributed by atoms with Gasteiger partial charge >= 0.3 is 5.97 Å². The van der Waals surface area contributed by atoms with Crippen LogP contribution in [-0.2, 0) is 10.0 Å². The van der Waals surface area contributed by atoms with Gasteiger partial charge in [-0.25, -0.2) is 17.9 Å². The molecule has 0 unspecified atom stereocenters. The van der Waals surface area contributed by atoms with Crippen molar-refractivity contribution >= 4 is 21.7 Å². The first-order valence-corrected chi connectivity index (χ1v) is 10.5. The van der Waals surface area contributed by atoms with Crippen LogP contribution in [0.2, 0.25) is 0 Å². The van der Waals surface area contributed by atoms with E-state index < -0.39 is 22.0 Å². The lowest BCUT2D eigenvalue weighted by atomic mass is 10.1. The third kappa shape index (κ3) is 5.80. The largest absolute Gasteiger partial charge is 0.478 e. The molecule has 2 aromatic carbocycles. The van der Waals surface area contributed by atoms with Crippen molar-refractivity contribution in [2.45, 2.75) is 44.0 Å². The van der Waals surface area contributed by atoms with Gasteiger partial charge in [-0.3, -0.25) is 0 Å². The minimum absolute atomic E-state index is 0.0539. The first kappa shape index (κ1) is 20.9. The van der Waals surface area contributed by atoms with Crippen molar-refractivity contribution in [1.82, 2.24) is 4.72 Å². The summed E-state index contributed by atoms with van der Waals surface area (Å²) in [7, 11) is -3.85. The predicted molar refractivity (Wildman–Crippen MR) is 107 cm³/mol. The van der Waals surface area contributed by atoms with Crippen molar-refractivity contribution in [1.29, 1.82) is 0 Å². The minimum atomic E-state index is -3.85. The second kappa shape index (κ2) is 9.53. The Labute approximate surface area is 160 Å². The Morgan fingerprint density at radius 3 is 2.44 bits per heavy atom. The lowest BCUT2D eigenvalue weighted by Crippen LogP contribution is -2.27. The summed E-state index contributed by atoms with van der Waals surface area (Å²) >= 11 is 0. The number of hydrogen-bond donors (Lipinski definition) is 3. The molecule has 0 amide bonds. The highest BCUT2D eigenvalue weighted by molar-refractivity contribution is 7.89. The quantitative estimate of drug-likeness (QED) is 0.533. The zero-order chi connectivity index (χ0) is 19.9. The Morgan fingerprint density at radius 1 is 1.11 bits per heavy atom. The molecule has 1 atom stereocenters. The smallest absolute Gasteiger partial charge is 0.337 e. The highest BCUT2D eigenvalue weighted by atomic mass is 32.2. The van der Waals surface area contributed by atoms with Gasteiger partial charge in [0.15, 0.2) is 0 Å². The Bertz CT molecular complexity index is 867. The molecule has 0 saturated carbocycles. The fraction of sp³-hybridized carbons (Fsp3) is 0.350. The summed E-state index contributed by atoms with van der Waals surface area (Å²) in [6.07, 6.45) is 3.03. The van der Waals surface area contributed by atoms with Crippen molar-refractivity contribution in [2.75, 3.05) is 11.9 Å². The summed E-state index contributed by atoms with van der Waals surface area (Å²) in [6, 6.07) is 12.9. The SMILES string of the molecule is CCCCCNc1ccc(S(=O)(=O)N[C@H](C)c2ccccc2)cc1C(=O)O. The maximum Gasteiger partial charge on any atom is 0.337 e. The zero-order valence-electron chi connectivity index (χ0n) is 15.6. The summed E-state index contributed by atoms with van der Waals surface area (Å²) in [5, 5.41) is 12.5. The van der Waals surface area contributed by atoms with Gasteiger partial charge in [0, 0.05) is 18.3 Å². The number of anilines is 1. The number of sulfonamides is 1. The third-order valence-electron chi connectivity index (χ3n) is 4.26. The lowest BCUT2D eigenvalue weighted by molar-refractivity contribution is 0.0697. The first-order valence-electron chi connectivity index (χ1n) is 9.03. The second-order valence-electron chi connectivity index (χ2n) is 6.40. The molecular weight excluding hydrogens is 364 g/mol. The van der Waals surface area contributed by atoms with Crippen LogP contribution in [0.1, 0.15) is 55.1 Å². The molecule has 3 N–H and O–H groups in total. The second-order valence-corrected chi connectivity index (χ2v) is 8.11. The van der Waals surface area contributed by atoms with Gasteiger partial charge in [0.1, 0.15) is 0 Å². The average molecular weight is 391 g/mol. The number of carboxylic acid groups (broad SMARTS) is 1. The maximum atomic E-state index is 12.7. The van der Waals surface area contributed by atoms with Crippen LogP contribution in [0.15, 0.2) is 53.4 Å². The molecule has 0 saturated heterocycles. The van der Waals surface area contributed by atoms with Crippen molar-refractivity contribution in [3.8, 4) is 0 Å². The molecule has 2 rings (SSSR count). The zero-order valence-corrected chi connectivity index (χ0v) is 16.4. The number of hydrogen-bond acceptors (Lipinski definition) is 4. The van der Waals surface area contributed by atoms with Gasteiger partial charge in [-0.15, -0.1) is 0 Å². The first-order chi connectivity index (χ1) is 12.8. The van der Waals surface area contributed by atoms with Crippen LogP contribution in [0.25, 0.3) is 0 Å². The molecule has 6 nitrogen and oxygen atoms in total. The number of aromatic carboxylic acids is 1. The summed E-state index contributed by atoms with van der Waals surface area (Å²) in [5.74, 6) is -1.17. The van der Waals surface area contributed by atoms with Crippen LogP contribution < -0.4 is 10.0 Å². The van der Waals surface area contributed by atoms with Crippen molar-refractivity contribution < 1.29 is 18.3 Å². The Kier molecular flexibility index (Phi) is 7.38. The summed E-state index contributed by atoms with van der Waals surface area (Å²) < 4.78 is 27.9. The van der Waals surface area contributed by atoms with E-state index in [-0.39, 0.29) is 10.5 Å². The summed E-state index contributed by atoms with van der Waals surface area (Å²) in [6.45, 7) is 4.48. The average Bonchev–Trinajstić information content (AvgIpc) is 2.65. The van der Waals surface area contributed by atoms with E-state index >= 15 is 0 Å². The number of unbranched alkanes of at least 4 members (excludes halogenated alkanes) is 2. The van der Waals surface area contributed by atoms with Crippen molar-refractivity contribution in [3.05, 3.63) is 59.7 Å². The topological polar surface area (TPSA) is 95.5 Å². The van der Waals surface area contributed by atoms with Crippen LogP contribution in [0, 0.1) is 0 Å². The van der Waals surface area contributed by atoms with Gasteiger partial charge in [-0.05, 0) is 37.1 Å². The molecule has 2 aromatic rings. The molecule has 146 valence electrons. The van der Waals surface area contributed by atoms with Crippen LogP contribution in [0.3, 0.4) is 0 Å². The van der Waals surface area contributed by atoms with E-state index in [2.05, 4.69) is 17.0 Å². The summed E-state index contributed by atoms with van der Waals surface area (Å²) in [4.78, 5) is 11.5. The van der Waals surface area contributed by atoms with E-state index in [1.165, 1.54) is 18.2 Å². The number of benzene rings is 2. The number of nitrogens with one attached hydrogen (secondary N) is 2. The third-order valence-corrected chi connectivity index (χ3v) is 5.80. The molecule has 7 heteroatoms. The lowest BCUT2D eigenvalue weighted by Gasteiger charge is -2.16. The number of carboxylic acids is 1. The summed E-state index contributed by atoms with van der Waals surface area (Å²) in [5.41, 5.74) is 1.20.